The lowest BCUT2D eigenvalue weighted by atomic mass is 9.85. The van der Waals surface area contributed by atoms with Gasteiger partial charge in [0.25, 0.3) is 10.0 Å². The number of aromatic nitrogens is 2. The highest BCUT2D eigenvalue weighted by molar-refractivity contribution is 7.89. The molecule has 1 aliphatic rings. The van der Waals surface area contributed by atoms with E-state index in [0.29, 0.717) is 24.3 Å². The van der Waals surface area contributed by atoms with Gasteiger partial charge in [0.1, 0.15) is 0 Å². The summed E-state index contributed by atoms with van der Waals surface area (Å²) in [6.07, 6.45) is 1.87. The van der Waals surface area contributed by atoms with Gasteiger partial charge in [0, 0.05) is 24.3 Å². The minimum atomic E-state index is -3.62. The van der Waals surface area contributed by atoms with E-state index in [2.05, 4.69) is 24.0 Å². The molecule has 0 bridgehead atoms. The molecule has 0 amide bonds. The minimum absolute atomic E-state index is 0.0178. The van der Waals surface area contributed by atoms with Crippen molar-refractivity contribution in [2.24, 2.45) is 5.41 Å². The highest BCUT2D eigenvalue weighted by atomic mass is 32.2. The Morgan fingerprint density at radius 3 is 2.74 bits per heavy atom. The average Bonchev–Trinajstić information content (AvgIpc) is 2.69. The van der Waals surface area contributed by atoms with Crippen LogP contribution >= 0.6 is 0 Å². The zero-order valence-corrected chi connectivity index (χ0v) is 12.4. The van der Waals surface area contributed by atoms with E-state index < -0.39 is 10.0 Å². The molecule has 0 aromatic carbocycles. The molecule has 1 aromatic rings. The second-order valence-corrected chi connectivity index (χ2v) is 7.75. The third-order valence-electron chi connectivity index (χ3n) is 3.64. The van der Waals surface area contributed by atoms with Gasteiger partial charge in [0.15, 0.2) is 5.03 Å². The third kappa shape index (κ3) is 2.68. The summed E-state index contributed by atoms with van der Waals surface area (Å²) in [6, 6.07) is 0. The number of aliphatic hydroxyl groups excluding tert-OH is 1. The van der Waals surface area contributed by atoms with Gasteiger partial charge in [0.05, 0.1) is 6.61 Å². The second-order valence-electron chi connectivity index (χ2n) is 5.90. The number of aromatic amines is 1. The lowest BCUT2D eigenvalue weighted by Crippen LogP contribution is -2.43. The maximum atomic E-state index is 12.6. The molecule has 7 heteroatoms. The van der Waals surface area contributed by atoms with Crippen LogP contribution in [0.2, 0.25) is 0 Å². The van der Waals surface area contributed by atoms with E-state index in [1.807, 2.05) is 0 Å². The number of aryl methyl sites for hydroxylation is 1. The molecule has 1 aromatic heterocycles. The van der Waals surface area contributed by atoms with E-state index in [9.17, 15) is 13.5 Å². The molecule has 108 valence electrons. The molecule has 2 N–H and O–H groups in total. The monoisotopic (exact) mass is 287 g/mol. The first-order chi connectivity index (χ1) is 8.78. The Balaban J connectivity index is 2.37. The zero-order chi connectivity index (χ0) is 14.3. The van der Waals surface area contributed by atoms with E-state index >= 15 is 0 Å². The van der Waals surface area contributed by atoms with Crippen molar-refractivity contribution in [3.63, 3.8) is 0 Å². The zero-order valence-electron chi connectivity index (χ0n) is 11.6. The van der Waals surface area contributed by atoms with Crippen LogP contribution in [0.3, 0.4) is 0 Å². The summed E-state index contributed by atoms with van der Waals surface area (Å²) in [5, 5.41) is 15.8. The maximum Gasteiger partial charge on any atom is 0.262 e. The summed E-state index contributed by atoms with van der Waals surface area (Å²) < 4.78 is 26.7. The molecule has 19 heavy (non-hydrogen) atoms. The van der Waals surface area contributed by atoms with Gasteiger partial charge < -0.3 is 5.11 Å². The standard InChI is InChI=1S/C12H21N3O3S/c1-9-10(7-16)11(14-13-9)19(17,18)15-6-4-5-12(2,3)8-15/h16H,4-8H2,1-3H3,(H,13,14). The van der Waals surface area contributed by atoms with Gasteiger partial charge in [-0.05, 0) is 25.2 Å². The number of sulfonamides is 1. The molecular formula is C12H21N3O3S. The number of rotatable bonds is 3. The number of H-pyrrole nitrogens is 1. The summed E-state index contributed by atoms with van der Waals surface area (Å²) in [7, 11) is -3.62. The summed E-state index contributed by atoms with van der Waals surface area (Å²) in [4.78, 5) is 0. The normalized spacial score (nSPS) is 20.6. The highest BCUT2D eigenvalue weighted by Gasteiger charge is 2.36. The van der Waals surface area contributed by atoms with Crippen LogP contribution in [0.15, 0.2) is 5.03 Å². The Labute approximate surface area is 113 Å². The molecule has 0 radical (unpaired) electrons. The molecule has 1 saturated heterocycles. The molecule has 1 aliphatic heterocycles. The van der Waals surface area contributed by atoms with Crippen molar-refractivity contribution in [1.82, 2.24) is 14.5 Å². The van der Waals surface area contributed by atoms with E-state index in [4.69, 9.17) is 0 Å². The van der Waals surface area contributed by atoms with Gasteiger partial charge in [0.2, 0.25) is 0 Å². The highest BCUT2D eigenvalue weighted by Crippen LogP contribution is 2.32. The lowest BCUT2D eigenvalue weighted by Gasteiger charge is -2.36. The van der Waals surface area contributed by atoms with Crippen molar-refractivity contribution in [1.29, 1.82) is 0 Å². The fourth-order valence-corrected chi connectivity index (χ4v) is 4.35. The molecule has 6 nitrogen and oxygen atoms in total. The number of aliphatic hydroxyl groups is 1. The fourth-order valence-electron chi connectivity index (χ4n) is 2.53. The molecule has 2 rings (SSSR count). The Kier molecular flexibility index (Phi) is 3.72. The van der Waals surface area contributed by atoms with Crippen LogP contribution in [0, 0.1) is 12.3 Å². The van der Waals surface area contributed by atoms with Crippen LogP contribution < -0.4 is 0 Å². The van der Waals surface area contributed by atoms with Crippen LogP contribution in [0.5, 0.6) is 0 Å². The minimum Gasteiger partial charge on any atom is -0.392 e. The van der Waals surface area contributed by atoms with Gasteiger partial charge in [-0.25, -0.2) is 8.42 Å². The van der Waals surface area contributed by atoms with Crippen molar-refractivity contribution >= 4 is 10.0 Å². The molecule has 0 atom stereocenters. The van der Waals surface area contributed by atoms with E-state index in [0.717, 1.165) is 12.8 Å². The summed E-state index contributed by atoms with van der Waals surface area (Å²) in [6.45, 7) is 6.52. The van der Waals surface area contributed by atoms with E-state index in [-0.39, 0.29) is 17.0 Å². The van der Waals surface area contributed by atoms with Crippen molar-refractivity contribution in [3.05, 3.63) is 11.3 Å². The third-order valence-corrected chi connectivity index (χ3v) is 5.46. The first kappa shape index (κ1) is 14.5. The molecule has 1 fully saturated rings. The van der Waals surface area contributed by atoms with Crippen LogP contribution in [-0.2, 0) is 16.6 Å². The smallest absolute Gasteiger partial charge is 0.262 e. The van der Waals surface area contributed by atoms with Gasteiger partial charge >= 0.3 is 0 Å². The van der Waals surface area contributed by atoms with Crippen molar-refractivity contribution in [2.45, 2.75) is 45.2 Å². The van der Waals surface area contributed by atoms with Crippen molar-refractivity contribution < 1.29 is 13.5 Å². The average molecular weight is 287 g/mol. The number of piperidine rings is 1. The summed E-state index contributed by atoms with van der Waals surface area (Å²) in [5.74, 6) is 0. The van der Waals surface area contributed by atoms with Crippen LogP contribution in [-0.4, -0.2) is 41.1 Å². The predicted octanol–water partition coefficient (Wildman–Crippen LogP) is 1.02. The first-order valence-electron chi connectivity index (χ1n) is 6.43. The Morgan fingerprint density at radius 1 is 1.47 bits per heavy atom. The SMILES string of the molecule is Cc1[nH]nc(S(=O)(=O)N2CCCC(C)(C)C2)c1CO. The molecule has 0 aliphatic carbocycles. The van der Waals surface area contributed by atoms with Crippen molar-refractivity contribution in [3.8, 4) is 0 Å². The van der Waals surface area contributed by atoms with Crippen LogP contribution in [0.25, 0.3) is 0 Å². The van der Waals surface area contributed by atoms with Gasteiger partial charge in [-0.3, -0.25) is 5.10 Å². The van der Waals surface area contributed by atoms with Gasteiger partial charge in [-0.15, -0.1) is 0 Å². The molecule has 0 saturated carbocycles. The number of hydrogen-bond acceptors (Lipinski definition) is 4. The quantitative estimate of drug-likeness (QED) is 0.869. The van der Waals surface area contributed by atoms with Gasteiger partial charge in [-0.1, -0.05) is 13.8 Å². The number of nitrogens with zero attached hydrogens (tertiary/aromatic N) is 2. The lowest BCUT2D eigenvalue weighted by molar-refractivity contribution is 0.186. The maximum absolute atomic E-state index is 12.6. The molecule has 2 heterocycles. The second kappa shape index (κ2) is 4.88. The number of hydrogen-bond donors (Lipinski definition) is 2. The Morgan fingerprint density at radius 2 is 2.16 bits per heavy atom. The molecule has 0 spiro atoms. The van der Waals surface area contributed by atoms with Crippen LogP contribution in [0.4, 0.5) is 0 Å². The summed E-state index contributed by atoms with van der Waals surface area (Å²) >= 11 is 0. The topological polar surface area (TPSA) is 86.3 Å². The van der Waals surface area contributed by atoms with Gasteiger partial charge in [-0.2, -0.15) is 9.40 Å². The largest absolute Gasteiger partial charge is 0.392 e. The van der Waals surface area contributed by atoms with E-state index in [1.54, 1.807) is 6.92 Å². The Bertz CT molecular complexity index is 563. The van der Waals surface area contributed by atoms with E-state index in [1.165, 1.54) is 4.31 Å². The molecule has 0 unspecified atom stereocenters. The first-order valence-corrected chi connectivity index (χ1v) is 7.87. The van der Waals surface area contributed by atoms with Crippen LogP contribution in [0.1, 0.15) is 37.9 Å². The predicted molar refractivity (Wildman–Crippen MR) is 71.0 cm³/mol. The van der Waals surface area contributed by atoms with Crippen molar-refractivity contribution in [2.75, 3.05) is 13.1 Å². The summed E-state index contributed by atoms with van der Waals surface area (Å²) in [5.41, 5.74) is 0.941. The fraction of sp³-hybridized carbons (Fsp3) is 0.750. The Hall–Kier alpha value is -0.920. The number of nitrogens with one attached hydrogen (secondary N) is 1. The molecular weight excluding hydrogens is 266 g/mol.